The summed E-state index contributed by atoms with van der Waals surface area (Å²) in [5, 5.41) is 0. The van der Waals surface area contributed by atoms with Crippen LogP contribution in [0.5, 0.6) is 0 Å². The van der Waals surface area contributed by atoms with E-state index in [1.165, 1.54) is 0 Å². The van der Waals surface area contributed by atoms with Crippen LogP contribution < -0.4 is 5.73 Å². The second-order valence-corrected chi connectivity index (χ2v) is 7.32. The molecule has 0 radical (unpaired) electrons. The van der Waals surface area contributed by atoms with E-state index in [1.54, 1.807) is 4.90 Å². The molecule has 1 amide bonds. The predicted octanol–water partition coefficient (Wildman–Crippen LogP) is 4.38. The average molecular weight is 365 g/mol. The molecule has 1 aliphatic rings. The van der Waals surface area contributed by atoms with Crippen molar-refractivity contribution in [1.29, 1.82) is 0 Å². The van der Waals surface area contributed by atoms with Gasteiger partial charge in [0.25, 0.3) is 0 Å². The van der Waals surface area contributed by atoms with Crippen molar-refractivity contribution >= 4 is 6.09 Å². The minimum Gasteiger partial charge on any atom is -0.444 e. The summed E-state index contributed by atoms with van der Waals surface area (Å²) < 4.78 is 11.6. The van der Waals surface area contributed by atoms with E-state index in [0.717, 1.165) is 24.9 Å². The third-order valence-electron chi connectivity index (χ3n) is 4.08. The number of nitrogens with two attached hydrogens (primary N) is 1. The summed E-state index contributed by atoms with van der Waals surface area (Å²) in [5.74, 6) is 0.250. The van der Waals surface area contributed by atoms with E-state index in [-0.39, 0.29) is 18.1 Å². The van der Waals surface area contributed by atoms with Gasteiger partial charge in [-0.2, -0.15) is 0 Å². The van der Waals surface area contributed by atoms with Gasteiger partial charge in [0, 0.05) is 25.6 Å². The molecule has 148 valence electrons. The van der Waals surface area contributed by atoms with Gasteiger partial charge in [-0.3, -0.25) is 0 Å². The first-order valence-corrected chi connectivity index (χ1v) is 9.75. The summed E-state index contributed by atoms with van der Waals surface area (Å²) in [7, 11) is 0. The van der Waals surface area contributed by atoms with Gasteiger partial charge in [0.2, 0.25) is 0 Å². The molecule has 1 fully saturated rings. The Labute approximate surface area is 158 Å². The zero-order valence-electron chi connectivity index (χ0n) is 17.0. The van der Waals surface area contributed by atoms with Crippen LogP contribution in [-0.4, -0.2) is 42.8 Å². The SMILES string of the molecule is CC.CC(C)(C)OC(=O)N1CCCC(C(OCCN)c2ccccc2)C1. The van der Waals surface area contributed by atoms with E-state index < -0.39 is 5.60 Å². The zero-order valence-corrected chi connectivity index (χ0v) is 17.0. The number of benzene rings is 1. The fourth-order valence-corrected chi connectivity index (χ4v) is 3.09. The largest absolute Gasteiger partial charge is 0.444 e. The Morgan fingerprint density at radius 2 is 1.92 bits per heavy atom. The number of amides is 1. The Kier molecular flexibility index (Phi) is 9.66. The van der Waals surface area contributed by atoms with E-state index in [4.69, 9.17) is 15.2 Å². The number of hydrogen-bond donors (Lipinski definition) is 1. The Morgan fingerprint density at radius 3 is 2.50 bits per heavy atom. The minimum absolute atomic E-state index is 0.0417. The van der Waals surface area contributed by atoms with Crippen LogP contribution >= 0.6 is 0 Å². The molecule has 2 N–H and O–H groups in total. The maximum absolute atomic E-state index is 12.4. The Hall–Kier alpha value is -1.59. The van der Waals surface area contributed by atoms with Gasteiger partial charge >= 0.3 is 6.09 Å². The topological polar surface area (TPSA) is 64.8 Å². The number of likely N-dealkylation sites (tertiary alicyclic amines) is 1. The molecule has 2 unspecified atom stereocenters. The van der Waals surface area contributed by atoms with E-state index in [0.29, 0.717) is 19.7 Å². The van der Waals surface area contributed by atoms with Gasteiger partial charge in [-0.15, -0.1) is 0 Å². The van der Waals surface area contributed by atoms with Crippen molar-refractivity contribution in [2.75, 3.05) is 26.2 Å². The maximum Gasteiger partial charge on any atom is 0.410 e. The van der Waals surface area contributed by atoms with Crippen LogP contribution in [0.2, 0.25) is 0 Å². The molecule has 1 aromatic carbocycles. The molecule has 1 aliphatic heterocycles. The summed E-state index contributed by atoms with van der Waals surface area (Å²) in [6, 6.07) is 10.2. The normalized spacial score (nSPS) is 18.5. The quantitative estimate of drug-likeness (QED) is 0.842. The fraction of sp³-hybridized carbons (Fsp3) is 0.667. The molecule has 0 saturated carbocycles. The monoisotopic (exact) mass is 364 g/mol. The van der Waals surface area contributed by atoms with E-state index >= 15 is 0 Å². The zero-order chi connectivity index (χ0) is 19.6. The summed E-state index contributed by atoms with van der Waals surface area (Å²) in [6.45, 7) is 12.1. The second-order valence-electron chi connectivity index (χ2n) is 7.32. The highest BCUT2D eigenvalue weighted by Gasteiger charge is 2.32. The molecule has 0 aliphatic carbocycles. The summed E-state index contributed by atoms with van der Waals surface area (Å²) in [4.78, 5) is 14.2. The van der Waals surface area contributed by atoms with Gasteiger partial charge in [0.1, 0.15) is 5.60 Å². The fourth-order valence-electron chi connectivity index (χ4n) is 3.09. The van der Waals surface area contributed by atoms with Crippen molar-refractivity contribution in [1.82, 2.24) is 4.90 Å². The standard InChI is InChI=1S/C19H30N2O3.C2H6/c1-19(2,3)24-18(22)21-12-7-10-16(14-21)17(23-13-11-20)15-8-5-4-6-9-15;1-2/h4-6,8-9,16-17H,7,10-14,20H2,1-3H3;1-2H3. The molecule has 0 spiro atoms. The number of carbonyl (C=O) groups is 1. The molecule has 1 aromatic rings. The highest BCUT2D eigenvalue weighted by Crippen LogP contribution is 2.33. The second kappa shape index (κ2) is 11.2. The summed E-state index contributed by atoms with van der Waals surface area (Å²) >= 11 is 0. The van der Waals surface area contributed by atoms with Crippen LogP contribution in [0.15, 0.2) is 30.3 Å². The minimum atomic E-state index is -0.473. The van der Waals surface area contributed by atoms with Crippen molar-refractivity contribution in [2.24, 2.45) is 11.7 Å². The molecule has 0 bridgehead atoms. The van der Waals surface area contributed by atoms with Crippen LogP contribution in [0.4, 0.5) is 4.79 Å². The van der Waals surface area contributed by atoms with Crippen molar-refractivity contribution in [3.05, 3.63) is 35.9 Å². The first-order chi connectivity index (χ1) is 12.4. The first kappa shape index (κ1) is 22.5. The van der Waals surface area contributed by atoms with E-state index in [2.05, 4.69) is 12.1 Å². The van der Waals surface area contributed by atoms with Crippen molar-refractivity contribution < 1.29 is 14.3 Å². The van der Waals surface area contributed by atoms with Crippen molar-refractivity contribution in [3.63, 3.8) is 0 Å². The molecule has 5 heteroatoms. The lowest BCUT2D eigenvalue weighted by molar-refractivity contribution is -0.0233. The number of rotatable bonds is 5. The number of hydrogen-bond acceptors (Lipinski definition) is 4. The van der Waals surface area contributed by atoms with Crippen LogP contribution in [0.1, 0.15) is 59.1 Å². The lowest BCUT2D eigenvalue weighted by Crippen LogP contribution is -2.44. The van der Waals surface area contributed by atoms with Gasteiger partial charge in [0.15, 0.2) is 0 Å². The maximum atomic E-state index is 12.4. The number of ether oxygens (including phenoxy) is 2. The lowest BCUT2D eigenvalue weighted by Gasteiger charge is -2.37. The van der Waals surface area contributed by atoms with Gasteiger partial charge in [0.05, 0.1) is 12.7 Å². The molecule has 5 nitrogen and oxygen atoms in total. The van der Waals surface area contributed by atoms with Gasteiger partial charge in [-0.1, -0.05) is 44.2 Å². The van der Waals surface area contributed by atoms with E-state index in [1.807, 2.05) is 52.8 Å². The predicted molar refractivity (Wildman–Crippen MR) is 106 cm³/mol. The van der Waals surface area contributed by atoms with Crippen molar-refractivity contribution in [3.8, 4) is 0 Å². The highest BCUT2D eigenvalue weighted by atomic mass is 16.6. The molecule has 0 aromatic heterocycles. The molecule has 1 heterocycles. The van der Waals surface area contributed by atoms with Crippen LogP contribution in [0, 0.1) is 5.92 Å². The average Bonchev–Trinajstić information content (AvgIpc) is 2.63. The summed E-state index contributed by atoms with van der Waals surface area (Å²) in [6.07, 6.45) is 1.71. The van der Waals surface area contributed by atoms with Crippen LogP contribution in [0.25, 0.3) is 0 Å². The third kappa shape index (κ3) is 7.34. The Morgan fingerprint density at radius 1 is 1.27 bits per heavy atom. The number of carbonyl (C=O) groups excluding carboxylic acids is 1. The molecule has 1 saturated heterocycles. The van der Waals surface area contributed by atoms with Crippen LogP contribution in [-0.2, 0) is 9.47 Å². The van der Waals surface area contributed by atoms with Gasteiger partial charge < -0.3 is 20.1 Å². The first-order valence-electron chi connectivity index (χ1n) is 9.75. The molecule has 2 rings (SSSR count). The van der Waals surface area contributed by atoms with Gasteiger partial charge in [-0.25, -0.2) is 4.79 Å². The molecular weight excluding hydrogens is 328 g/mol. The Balaban J connectivity index is 0.00000163. The Bertz CT molecular complexity index is 514. The number of nitrogens with zero attached hydrogens (tertiary/aromatic N) is 1. The van der Waals surface area contributed by atoms with Crippen molar-refractivity contribution in [2.45, 2.75) is 59.2 Å². The third-order valence-corrected chi connectivity index (χ3v) is 4.08. The molecule has 26 heavy (non-hydrogen) atoms. The van der Waals surface area contributed by atoms with Crippen LogP contribution in [0.3, 0.4) is 0 Å². The van der Waals surface area contributed by atoms with Gasteiger partial charge in [-0.05, 0) is 39.2 Å². The highest BCUT2D eigenvalue weighted by molar-refractivity contribution is 5.68. The lowest BCUT2D eigenvalue weighted by atomic mass is 9.88. The number of piperidine rings is 1. The molecule has 2 atom stereocenters. The molecular formula is C21H36N2O3. The smallest absolute Gasteiger partial charge is 0.410 e. The van der Waals surface area contributed by atoms with E-state index in [9.17, 15) is 4.79 Å². The summed E-state index contributed by atoms with van der Waals surface area (Å²) in [5.41, 5.74) is 6.29.